The van der Waals surface area contributed by atoms with Crippen molar-refractivity contribution in [2.75, 3.05) is 6.61 Å². The van der Waals surface area contributed by atoms with Crippen LogP contribution in [0, 0.1) is 0 Å². The highest BCUT2D eigenvalue weighted by molar-refractivity contribution is 6.49. The molecule has 0 radical (unpaired) electrons. The van der Waals surface area contributed by atoms with E-state index < -0.39 is 0 Å². The van der Waals surface area contributed by atoms with Crippen molar-refractivity contribution in [3.05, 3.63) is 31.7 Å². The van der Waals surface area contributed by atoms with E-state index in [1.807, 2.05) is 0 Å². The van der Waals surface area contributed by atoms with E-state index in [0.717, 1.165) is 6.42 Å². The number of unbranched alkanes of at least 4 members (excludes halogenated alkanes) is 1. The van der Waals surface area contributed by atoms with Crippen LogP contribution >= 0.6 is 46.4 Å². The van der Waals surface area contributed by atoms with Crippen molar-refractivity contribution in [3.8, 4) is 0 Å². The van der Waals surface area contributed by atoms with Gasteiger partial charge in [-0.05, 0) is 25.8 Å². The van der Waals surface area contributed by atoms with Gasteiger partial charge in [0.2, 0.25) is 0 Å². The summed E-state index contributed by atoms with van der Waals surface area (Å²) in [6.07, 6.45) is 2.47. The van der Waals surface area contributed by atoms with Gasteiger partial charge in [-0.25, -0.2) is 0 Å². The van der Waals surface area contributed by atoms with E-state index in [0.29, 0.717) is 41.5 Å². The third-order valence-corrected chi connectivity index (χ3v) is 4.56. The van der Waals surface area contributed by atoms with Crippen LogP contribution in [0.4, 0.5) is 0 Å². The van der Waals surface area contributed by atoms with E-state index in [-0.39, 0.29) is 22.1 Å². The van der Waals surface area contributed by atoms with Gasteiger partial charge in [-0.1, -0.05) is 52.8 Å². The molecule has 2 N–H and O–H groups in total. The fraction of sp³-hybridized carbons (Fsp3) is 0.500. The van der Waals surface area contributed by atoms with Gasteiger partial charge in [-0.2, -0.15) is 0 Å². The van der Waals surface area contributed by atoms with E-state index in [1.54, 1.807) is 6.92 Å². The molecule has 0 amide bonds. The topological polar surface area (TPSA) is 52.3 Å². The molecule has 0 saturated heterocycles. The molecule has 1 rings (SSSR count). The van der Waals surface area contributed by atoms with Gasteiger partial charge < -0.3 is 10.5 Å². The number of hydrogen-bond donors (Lipinski definition) is 1. The average Bonchev–Trinajstić information content (AvgIpc) is 2.41. The molecule has 21 heavy (non-hydrogen) atoms. The first-order valence-electron chi connectivity index (χ1n) is 6.62. The van der Waals surface area contributed by atoms with Crippen molar-refractivity contribution in [2.45, 2.75) is 38.6 Å². The molecule has 1 unspecified atom stereocenters. The molecule has 0 saturated carbocycles. The van der Waals surface area contributed by atoms with Crippen molar-refractivity contribution >= 4 is 52.4 Å². The standard InChI is InChI=1S/C14H17Cl4NO2/c1-2-21-11(20)6-4-3-5-10(19)12-8(15)7-9(16)13(17)14(12)18/h7,10H,2-6,19H2,1H3. The summed E-state index contributed by atoms with van der Waals surface area (Å²) in [6.45, 7) is 2.18. The predicted molar refractivity (Wildman–Crippen MR) is 88.5 cm³/mol. The van der Waals surface area contributed by atoms with Crippen LogP contribution in [-0.2, 0) is 9.53 Å². The van der Waals surface area contributed by atoms with Gasteiger partial charge in [0.15, 0.2) is 0 Å². The fourth-order valence-corrected chi connectivity index (χ4v) is 3.13. The highest BCUT2D eigenvalue weighted by Gasteiger charge is 2.19. The van der Waals surface area contributed by atoms with Crippen molar-refractivity contribution < 1.29 is 9.53 Å². The van der Waals surface area contributed by atoms with Gasteiger partial charge in [-0.3, -0.25) is 4.79 Å². The van der Waals surface area contributed by atoms with Gasteiger partial charge >= 0.3 is 5.97 Å². The fourth-order valence-electron chi connectivity index (χ4n) is 1.93. The molecule has 0 aliphatic carbocycles. The second-order valence-corrected chi connectivity index (χ2v) is 6.11. The van der Waals surface area contributed by atoms with Gasteiger partial charge in [0.25, 0.3) is 0 Å². The summed E-state index contributed by atoms with van der Waals surface area (Å²) in [5.41, 5.74) is 6.69. The van der Waals surface area contributed by atoms with Gasteiger partial charge in [-0.15, -0.1) is 0 Å². The number of carbonyl (C=O) groups excluding carboxylic acids is 1. The molecule has 0 bridgehead atoms. The quantitative estimate of drug-likeness (QED) is 0.300. The Balaban J connectivity index is 2.59. The number of esters is 1. The lowest BCUT2D eigenvalue weighted by Gasteiger charge is -2.17. The van der Waals surface area contributed by atoms with E-state index in [9.17, 15) is 4.79 Å². The van der Waals surface area contributed by atoms with Crippen LogP contribution < -0.4 is 5.73 Å². The van der Waals surface area contributed by atoms with E-state index >= 15 is 0 Å². The Bertz CT molecular complexity index is 508. The molecule has 0 aromatic heterocycles. The van der Waals surface area contributed by atoms with Gasteiger partial charge in [0, 0.05) is 23.0 Å². The molecule has 0 heterocycles. The number of hydrogen-bond acceptors (Lipinski definition) is 3. The first-order chi connectivity index (χ1) is 9.88. The Kier molecular flexibility index (Phi) is 8.14. The van der Waals surface area contributed by atoms with Crippen LogP contribution in [0.25, 0.3) is 0 Å². The number of nitrogens with two attached hydrogens (primary N) is 1. The van der Waals surface area contributed by atoms with E-state index in [4.69, 9.17) is 56.9 Å². The van der Waals surface area contributed by atoms with Crippen molar-refractivity contribution in [1.82, 2.24) is 0 Å². The van der Waals surface area contributed by atoms with Gasteiger partial charge in [0.05, 0.1) is 21.7 Å². The van der Waals surface area contributed by atoms with Gasteiger partial charge in [0.1, 0.15) is 0 Å². The number of benzene rings is 1. The number of carbonyl (C=O) groups is 1. The van der Waals surface area contributed by atoms with Crippen molar-refractivity contribution in [2.24, 2.45) is 5.73 Å². The Morgan fingerprint density at radius 1 is 1.19 bits per heavy atom. The zero-order valence-electron chi connectivity index (χ0n) is 11.6. The number of halogens is 4. The third kappa shape index (κ3) is 5.50. The lowest BCUT2D eigenvalue weighted by atomic mass is 10.0. The molecule has 0 aliphatic rings. The number of rotatable bonds is 7. The first-order valence-corrected chi connectivity index (χ1v) is 8.13. The summed E-state index contributed by atoms with van der Waals surface area (Å²) in [5, 5.41) is 1.23. The molecule has 7 heteroatoms. The molecule has 0 aliphatic heterocycles. The SMILES string of the molecule is CCOC(=O)CCCCC(N)c1c(Cl)cc(Cl)c(Cl)c1Cl. The molecular weight excluding hydrogens is 356 g/mol. The molecule has 118 valence electrons. The van der Waals surface area contributed by atoms with Crippen LogP contribution in [-0.4, -0.2) is 12.6 Å². The molecule has 1 aromatic carbocycles. The summed E-state index contributed by atoms with van der Waals surface area (Å²) < 4.78 is 4.86. The molecule has 3 nitrogen and oxygen atoms in total. The lowest BCUT2D eigenvalue weighted by molar-refractivity contribution is -0.143. The summed E-state index contributed by atoms with van der Waals surface area (Å²) in [4.78, 5) is 11.2. The number of ether oxygens (including phenoxy) is 1. The molecule has 0 fully saturated rings. The lowest BCUT2D eigenvalue weighted by Crippen LogP contribution is -2.12. The average molecular weight is 373 g/mol. The zero-order valence-corrected chi connectivity index (χ0v) is 14.6. The third-order valence-electron chi connectivity index (χ3n) is 2.97. The Hall–Kier alpha value is -0.190. The minimum atomic E-state index is -0.359. The first kappa shape index (κ1) is 18.9. The second kappa shape index (κ2) is 9.06. The Morgan fingerprint density at radius 2 is 1.86 bits per heavy atom. The van der Waals surface area contributed by atoms with Crippen LogP contribution in [0.2, 0.25) is 20.1 Å². The summed E-state index contributed by atoms with van der Waals surface area (Å²) in [6, 6.07) is 1.17. The van der Waals surface area contributed by atoms with Crippen molar-refractivity contribution in [1.29, 1.82) is 0 Å². The minimum absolute atomic E-state index is 0.198. The molecule has 1 aromatic rings. The zero-order chi connectivity index (χ0) is 16.0. The predicted octanol–water partition coefficient (Wildman–Crippen LogP) is 5.42. The highest BCUT2D eigenvalue weighted by atomic mass is 35.5. The van der Waals surface area contributed by atoms with Crippen LogP contribution in [0.1, 0.15) is 44.2 Å². The van der Waals surface area contributed by atoms with E-state index in [1.165, 1.54) is 6.07 Å². The maximum absolute atomic E-state index is 11.2. The summed E-state index contributed by atoms with van der Waals surface area (Å²) in [5.74, 6) is -0.198. The van der Waals surface area contributed by atoms with Crippen LogP contribution in [0.15, 0.2) is 6.07 Å². The smallest absolute Gasteiger partial charge is 0.305 e. The largest absolute Gasteiger partial charge is 0.466 e. The summed E-state index contributed by atoms with van der Waals surface area (Å²) in [7, 11) is 0. The molecular formula is C14H17Cl4NO2. The van der Waals surface area contributed by atoms with Crippen LogP contribution in [0.3, 0.4) is 0 Å². The van der Waals surface area contributed by atoms with Crippen molar-refractivity contribution in [3.63, 3.8) is 0 Å². The maximum Gasteiger partial charge on any atom is 0.305 e. The Labute approximate surface area is 144 Å². The normalized spacial score (nSPS) is 12.3. The molecule has 1 atom stereocenters. The monoisotopic (exact) mass is 371 g/mol. The second-order valence-electron chi connectivity index (χ2n) is 4.54. The highest BCUT2D eigenvalue weighted by Crippen LogP contribution is 2.40. The van der Waals surface area contributed by atoms with Crippen LogP contribution in [0.5, 0.6) is 0 Å². The Morgan fingerprint density at radius 3 is 2.48 bits per heavy atom. The maximum atomic E-state index is 11.2. The minimum Gasteiger partial charge on any atom is -0.466 e. The summed E-state index contributed by atoms with van der Waals surface area (Å²) >= 11 is 24.2. The van der Waals surface area contributed by atoms with E-state index in [2.05, 4.69) is 0 Å². The molecule has 0 spiro atoms.